The molecule has 2 aromatic heterocycles. The van der Waals surface area contributed by atoms with E-state index in [1.807, 2.05) is 92.1 Å². The van der Waals surface area contributed by atoms with Gasteiger partial charge in [0.1, 0.15) is 23.7 Å². The number of carbonyl (C=O) groups excluding carboxylic acids is 5. The van der Waals surface area contributed by atoms with E-state index in [-0.39, 0.29) is 58.9 Å². The molecule has 4 heterocycles. The van der Waals surface area contributed by atoms with Crippen LogP contribution in [0.4, 0.5) is 9.59 Å². The van der Waals surface area contributed by atoms with Gasteiger partial charge >= 0.3 is 12.2 Å². The van der Waals surface area contributed by atoms with Crippen molar-refractivity contribution in [1.29, 1.82) is 0 Å². The number of amides is 4. The summed E-state index contributed by atoms with van der Waals surface area (Å²) in [6.45, 7) is 8.26. The summed E-state index contributed by atoms with van der Waals surface area (Å²) in [6, 6.07) is 16.1. The molecule has 1 spiro atoms. The first-order chi connectivity index (χ1) is 30.8. The van der Waals surface area contributed by atoms with Crippen molar-refractivity contribution < 1.29 is 33.4 Å². The van der Waals surface area contributed by atoms with Crippen LogP contribution in [0, 0.1) is 23.2 Å². The van der Waals surface area contributed by atoms with E-state index in [0.717, 1.165) is 88.9 Å². The number of ether oxygens (including phenoxy) is 2. The highest BCUT2D eigenvalue weighted by molar-refractivity contribution is 6.22. The second-order valence-corrected chi connectivity index (χ2v) is 19.2. The molecule has 3 aliphatic carbocycles. The first-order valence-corrected chi connectivity index (χ1v) is 22.5. The van der Waals surface area contributed by atoms with E-state index in [9.17, 15) is 24.0 Å². The molecule has 15 heteroatoms. The molecule has 4 fully saturated rings. The molecule has 2 saturated heterocycles. The van der Waals surface area contributed by atoms with Gasteiger partial charge < -0.3 is 39.9 Å². The molecule has 332 valence electrons. The third-order valence-corrected chi connectivity index (χ3v) is 14.5. The van der Waals surface area contributed by atoms with E-state index in [1.54, 1.807) is 6.20 Å². The van der Waals surface area contributed by atoms with Crippen molar-refractivity contribution in [2.75, 3.05) is 20.8 Å². The largest absolute Gasteiger partial charge is 0.453 e. The lowest BCUT2D eigenvalue weighted by Crippen LogP contribution is -2.54. The summed E-state index contributed by atoms with van der Waals surface area (Å²) in [4.78, 5) is 87.2. The normalized spacial score (nSPS) is 22.3. The predicted octanol–water partition coefficient (Wildman–Crippen LogP) is 7.70. The number of nitrogens with one attached hydrogen (secondary N) is 4. The Morgan fingerprint density at radius 1 is 0.766 bits per heavy atom. The zero-order valence-electron chi connectivity index (χ0n) is 37.0. The summed E-state index contributed by atoms with van der Waals surface area (Å²) in [5.41, 5.74) is 8.08. The van der Waals surface area contributed by atoms with Crippen molar-refractivity contribution in [3.05, 3.63) is 83.6 Å². The van der Waals surface area contributed by atoms with Gasteiger partial charge in [-0.25, -0.2) is 19.6 Å². The number of fused-ring (bicyclic) bond motifs is 6. The minimum Gasteiger partial charge on any atom is -0.453 e. The van der Waals surface area contributed by atoms with E-state index in [4.69, 9.17) is 19.4 Å². The maximum Gasteiger partial charge on any atom is 0.407 e. The Morgan fingerprint density at radius 2 is 1.39 bits per heavy atom. The van der Waals surface area contributed by atoms with Crippen LogP contribution in [0.15, 0.2) is 60.8 Å². The summed E-state index contributed by atoms with van der Waals surface area (Å²) < 4.78 is 9.67. The molecule has 0 radical (unpaired) electrons. The predicted molar refractivity (Wildman–Crippen MR) is 238 cm³/mol. The first-order valence-electron chi connectivity index (χ1n) is 22.5. The third-order valence-electron chi connectivity index (χ3n) is 14.5. The summed E-state index contributed by atoms with van der Waals surface area (Å²) in [6.07, 6.45) is 6.23. The Hall–Kier alpha value is -6.51. The van der Waals surface area contributed by atoms with Gasteiger partial charge in [-0.05, 0) is 108 Å². The Morgan fingerprint density at radius 3 is 2.05 bits per heavy atom. The van der Waals surface area contributed by atoms with Crippen LogP contribution in [-0.4, -0.2) is 98.4 Å². The number of aromatic amines is 2. The lowest BCUT2D eigenvalue weighted by molar-refractivity contribution is -0.139. The van der Waals surface area contributed by atoms with Gasteiger partial charge in [-0.3, -0.25) is 14.4 Å². The van der Waals surface area contributed by atoms with Crippen LogP contribution >= 0.6 is 0 Å². The van der Waals surface area contributed by atoms with E-state index in [0.29, 0.717) is 23.5 Å². The van der Waals surface area contributed by atoms with Crippen molar-refractivity contribution >= 4 is 40.8 Å². The smallest absolute Gasteiger partial charge is 0.407 e. The van der Waals surface area contributed by atoms with Crippen LogP contribution in [0.5, 0.6) is 0 Å². The summed E-state index contributed by atoms with van der Waals surface area (Å²) in [5, 5.41) is 5.50. The number of imidazole rings is 2. The molecule has 15 nitrogen and oxygen atoms in total. The highest BCUT2D eigenvalue weighted by Gasteiger charge is 2.55. The third kappa shape index (κ3) is 6.99. The molecule has 4 amide bonds. The number of hydrogen-bond acceptors (Lipinski definition) is 9. The van der Waals surface area contributed by atoms with E-state index in [1.165, 1.54) is 14.2 Å². The molecule has 3 aromatic carbocycles. The first kappa shape index (κ1) is 41.5. The Bertz CT molecular complexity index is 2730. The van der Waals surface area contributed by atoms with Gasteiger partial charge in [0.2, 0.25) is 11.8 Å². The molecule has 6 atom stereocenters. The highest BCUT2D eigenvalue weighted by Crippen LogP contribution is 2.58. The number of hydrogen-bond donors (Lipinski definition) is 4. The molecular weight excluding hydrogens is 813 g/mol. The number of rotatable bonds is 10. The number of carbonyl (C=O) groups is 5. The number of H-pyrrole nitrogens is 2. The van der Waals surface area contributed by atoms with Gasteiger partial charge in [0, 0.05) is 29.3 Å². The number of ketones is 1. The van der Waals surface area contributed by atoms with Crippen molar-refractivity contribution in [3.8, 4) is 33.5 Å². The number of methoxy groups -OCH3 is 2. The van der Waals surface area contributed by atoms with Crippen molar-refractivity contribution in [2.24, 2.45) is 23.2 Å². The fraction of sp³-hybridized carbons (Fsp3) is 0.449. The second kappa shape index (κ2) is 15.6. The van der Waals surface area contributed by atoms with Crippen LogP contribution in [0.1, 0.15) is 106 Å². The Kier molecular flexibility index (Phi) is 10.1. The van der Waals surface area contributed by atoms with Crippen LogP contribution < -0.4 is 10.6 Å². The van der Waals surface area contributed by atoms with Crippen LogP contribution in [0.2, 0.25) is 0 Å². The highest BCUT2D eigenvalue weighted by atomic mass is 16.5. The van der Waals surface area contributed by atoms with E-state index < -0.39 is 24.3 Å². The molecular formula is C49H54N8O7. The maximum absolute atomic E-state index is 14.2. The van der Waals surface area contributed by atoms with Gasteiger partial charge in [-0.15, -0.1) is 0 Å². The minimum absolute atomic E-state index is 0.0538. The van der Waals surface area contributed by atoms with Gasteiger partial charge in [0.15, 0.2) is 5.78 Å². The lowest BCUT2D eigenvalue weighted by Gasteiger charge is -2.37. The number of benzene rings is 3. The fourth-order valence-corrected chi connectivity index (χ4v) is 10.9. The van der Waals surface area contributed by atoms with Gasteiger partial charge in [-0.1, -0.05) is 58.0 Å². The molecule has 5 aromatic rings. The molecule has 2 saturated carbocycles. The average molecular weight is 867 g/mol. The maximum atomic E-state index is 14.2. The molecule has 0 unspecified atom stereocenters. The quantitative estimate of drug-likeness (QED) is 0.107. The molecule has 4 N–H and O–H groups in total. The topological polar surface area (TPSA) is 192 Å². The summed E-state index contributed by atoms with van der Waals surface area (Å²) in [5.74, 6) is 1.10. The Balaban J connectivity index is 0.881. The summed E-state index contributed by atoms with van der Waals surface area (Å²) in [7, 11) is 2.59. The molecule has 10 rings (SSSR count). The minimum atomic E-state index is -0.728. The second-order valence-electron chi connectivity index (χ2n) is 19.2. The number of nitrogens with zero attached hydrogens (tertiary/aromatic N) is 4. The molecule has 5 aliphatic rings. The van der Waals surface area contributed by atoms with E-state index >= 15 is 0 Å². The number of aromatic nitrogens is 4. The van der Waals surface area contributed by atoms with Crippen molar-refractivity contribution in [1.82, 2.24) is 40.4 Å². The number of piperidine rings is 1. The van der Waals surface area contributed by atoms with Crippen LogP contribution in [0.3, 0.4) is 0 Å². The lowest BCUT2D eigenvalue weighted by atomic mass is 9.95. The summed E-state index contributed by atoms with van der Waals surface area (Å²) >= 11 is 0. The standard InChI is InChI=1S/C49H54N8O7/c1-24(2)39(54-47(61)63-5)45(59)56-23-49(15-16-49)21-38(56)43-50-22-37(53-43)28-9-13-32-31-12-8-26(18-33(31)42(58)34(32)19-28)27-10-14-35-36(20-27)52-44(51-35)41-29-7-11-30(17-29)57(41)46(60)40(25(3)4)55-48(62)64-6/h8-10,12-14,18-20,22,24-25,29-30,38-41H,7,11,15-17,21,23H2,1-6H3,(H,50,53)(H,51,52)(H,54,61)(H,55,62)/t29-,30+,38-,39+,40-,41-/m0/s1. The number of alkyl carbamates (subject to hydrolysis) is 2. The monoisotopic (exact) mass is 866 g/mol. The Labute approximate surface area is 371 Å². The van der Waals surface area contributed by atoms with Gasteiger partial charge in [0.25, 0.3) is 0 Å². The van der Waals surface area contributed by atoms with E-state index in [2.05, 4.69) is 20.6 Å². The zero-order valence-corrected chi connectivity index (χ0v) is 37.0. The van der Waals surface area contributed by atoms with Gasteiger partial charge in [-0.2, -0.15) is 0 Å². The van der Waals surface area contributed by atoms with Crippen LogP contribution in [0.25, 0.3) is 44.5 Å². The SMILES string of the molecule is COC(=O)N[C@H](C(=O)N1[C@@H]2CC[C@@H](C2)[C@H]1c1nc2ccc(-c3ccc4c(c3)C(=O)c3cc(-c5cnc([C@@H]6CC7(CC7)CN6C(=O)[C@H](NC(=O)OC)C(C)C)[nH]5)ccc3-4)cc2[nH]1)C(C)C. The van der Waals surface area contributed by atoms with Crippen molar-refractivity contribution in [3.63, 3.8) is 0 Å². The fourth-order valence-electron chi connectivity index (χ4n) is 10.9. The molecule has 64 heavy (non-hydrogen) atoms. The number of likely N-dealkylation sites (tertiary alicyclic amines) is 2. The molecule has 2 bridgehead atoms. The van der Waals surface area contributed by atoms with Crippen molar-refractivity contribution in [2.45, 2.75) is 96.4 Å². The van der Waals surface area contributed by atoms with Gasteiger partial charge in [0.05, 0.1) is 49.2 Å². The zero-order chi connectivity index (χ0) is 44.8. The van der Waals surface area contributed by atoms with Crippen LogP contribution in [-0.2, 0) is 19.1 Å². The average Bonchev–Trinajstić information content (AvgIpc) is 3.96. The molecule has 2 aliphatic heterocycles.